The third kappa shape index (κ3) is 4.01. The fourth-order valence-electron chi connectivity index (χ4n) is 0.857. The average molecular weight is 255 g/mol. The summed E-state index contributed by atoms with van der Waals surface area (Å²) in [6, 6.07) is 6.32. The Bertz CT molecular complexity index is 363. The zero-order valence-electron chi connectivity index (χ0n) is 7.34. The molecule has 6 heteroatoms. The zero-order valence-corrected chi connectivity index (χ0v) is 8.86. The van der Waals surface area contributed by atoms with Crippen molar-refractivity contribution in [3.8, 4) is 0 Å². The minimum atomic E-state index is -3.99. The lowest BCUT2D eigenvalue weighted by Gasteiger charge is -2.08. The van der Waals surface area contributed by atoms with Gasteiger partial charge in [0.2, 0.25) is 0 Å². The number of esters is 1. The predicted molar refractivity (Wildman–Crippen MR) is 52.0 cm³/mol. The van der Waals surface area contributed by atoms with Crippen LogP contribution in [0.5, 0.6) is 0 Å². The van der Waals surface area contributed by atoms with Gasteiger partial charge in [-0.2, -0.15) is 8.78 Å². The molecule has 0 radical (unpaired) electrons. The Labute approximate surface area is 94.7 Å². The molecule has 0 spiro atoms. The van der Waals surface area contributed by atoms with Gasteiger partial charge >= 0.3 is 11.4 Å². The van der Waals surface area contributed by atoms with Gasteiger partial charge in [-0.3, -0.25) is 0 Å². The van der Waals surface area contributed by atoms with Gasteiger partial charge in [0.15, 0.2) is 0 Å². The molecule has 0 aliphatic heterocycles. The second-order valence-corrected chi connectivity index (χ2v) is 3.61. The highest BCUT2D eigenvalue weighted by atomic mass is 35.5. The number of ether oxygens (including phenoxy) is 1. The summed E-state index contributed by atoms with van der Waals surface area (Å²) >= 11 is 10.1. The smallest absolute Gasteiger partial charge is 0.417 e. The third-order valence-electron chi connectivity index (χ3n) is 1.49. The first-order chi connectivity index (χ1) is 6.89. The van der Waals surface area contributed by atoms with Crippen LogP contribution in [0.15, 0.2) is 24.3 Å². The van der Waals surface area contributed by atoms with E-state index in [1.54, 1.807) is 18.2 Å². The van der Waals surface area contributed by atoms with Crippen molar-refractivity contribution >= 4 is 29.2 Å². The number of hydrogen-bond donors (Lipinski definition) is 0. The van der Waals surface area contributed by atoms with E-state index in [2.05, 4.69) is 16.3 Å². The lowest BCUT2D eigenvalue weighted by atomic mass is 10.2. The Morgan fingerprint density at radius 1 is 1.47 bits per heavy atom. The van der Waals surface area contributed by atoms with Gasteiger partial charge in [0, 0.05) is 5.02 Å². The minimum Gasteiger partial charge on any atom is -0.455 e. The number of alkyl halides is 3. The van der Waals surface area contributed by atoms with Crippen molar-refractivity contribution in [3.05, 3.63) is 34.9 Å². The summed E-state index contributed by atoms with van der Waals surface area (Å²) in [4.78, 5) is 10.6. The fourth-order valence-corrected chi connectivity index (χ4v) is 1.12. The molecule has 1 aromatic carbocycles. The number of hydrogen-bond acceptors (Lipinski definition) is 2. The Morgan fingerprint density at radius 3 is 2.67 bits per heavy atom. The van der Waals surface area contributed by atoms with Gasteiger partial charge in [0.1, 0.15) is 6.61 Å². The van der Waals surface area contributed by atoms with Crippen LogP contribution in [0.25, 0.3) is 0 Å². The van der Waals surface area contributed by atoms with E-state index in [0.717, 1.165) is 0 Å². The molecule has 0 bridgehead atoms. The zero-order chi connectivity index (χ0) is 11.5. The normalized spacial score (nSPS) is 11.2. The molecule has 82 valence electrons. The molecule has 15 heavy (non-hydrogen) atoms. The Hall–Kier alpha value is -0.870. The summed E-state index contributed by atoms with van der Waals surface area (Å²) in [6.07, 6.45) is 0. The summed E-state index contributed by atoms with van der Waals surface area (Å²) in [5.74, 6) is -1.77. The molecule has 0 unspecified atom stereocenters. The lowest BCUT2D eigenvalue weighted by Crippen LogP contribution is -2.23. The van der Waals surface area contributed by atoms with Crippen LogP contribution in [0.3, 0.4) is 0 Å². The Morgan fingerprint density at radius 2 is 2.13 bits per heavy atom. The van der Waals surface area contributed by atoms with E-state index in [4.69, 9.17) is 11.6 Å². The SMILES string of the molecule is O=C(OCc1cccc(Cl)c1)C(F)(F)Cl. The fraction of sp³-hybridized carbons (Fsp3) is 0.222. The average Bonchev–Trinajstić information content (AvgIpc) is 2.12. The quantitative estimate of drug-likeness (QED) is 0.612. The molecule has 1 rings (SSSR count). The molecule has 0 aliphatic rings. The van der Waals surface area contributed by atoms with Crippen LogP contribution in [0.1, 0.15) is 5.56 Å². The standard InChI is InChI=1S/C9H6Cl2F2O2/c10-7-3-1-2-6(4-7)5-15-8(14)9(11,12)13/h1-4H,5H2. The molecule has 0 amide bonds. The molecule has 0 fully saturated rings. The number of carbonyl (C=O) groups is 1. The van der Waals surface area contributed by atoms with E-state index < -0.39 is 11.4 Å². The summed E-state index contributed by atoms with van der Waals surface area (Å²) in [7, 11) is 0. The monoisotopic (exact) mass is 254 g/mol. The van der Waals surface area contributed by atoms with Crippen molar-refractivity contribution in [2.75, 3.05) is 0 Å². The minimum absolute atomic E-state index is 0.290. The van der Waals surface area contributed by atoms with Gasteiger partial charge in [0.05, 0.1) is 0 Å². The molecule has 1 aromatic rings. The van der Waals surface area contributed by atoms with Crippen molar-refractivity contribution in [2.24, 2.45) is 0 Å². The van der Waals surface area contributed by atoms with E-state index in [0.29, 0.717) is 10.6 Å². The first-order valence-corrected chi connectivity index (χ1v) is 4.63. The maximum Gasteiger partial charge on any atom is 0.417 e. The summed E-state index contributed by atoms with van der Waals surface area (Å²) in [5.41, 5.74) is 0.511. The van der Waals surface area contributed by atoms with Crippen LogP contribution in [0, 0.1) is 0 Å². The second-order valence-electron chi connectivity index (χ2n) is 2.70. The molecule has 0 N–H and O–H groups in total. The summed E-state index contributed by atoms with van der Waals surface area (Å²) in [5, 5.41) is -3.56. The van der Waals surface area contributed by atoms with Crippen molar-refractivity contribution in [1.82, 2.24) is 0 Å². The van der Waals surface area contributed by atoms with E-state index in [9.17, 15) is 13.6 Å². The van der Waals surface area contributed by atoms with E-state index in [1.165, 1.54) is 6.07 Å². The van der Waals surface area contributed by atoms with Gasteiger partial charge < -0.3 is 4.74 Å². The number of halogens is 4. The number of carbonyl (C=O) groups excluding carboxylic acids is 1. The summed E-state index contributed by atoms with van der Waals surface area (Å²) < 4.78 is 28.6. The molecule has 0 atom stereocenters. The number of benzene rings is 1. The van der Waals surface area contributed by atoms with Crippen molar-refractivity contribution < 1.29 is 18.3 Å². The Kier molecular flexibility index (Phi) is 3.88. The van der Waals surface area contributed by atoms with Crippen LogP contribution in [-0.2, 0) is 16.1 Å². The van der Waals surface area contributed by atoms with Crippen LogP contribution < -0.4 is 0 Å². The third-order valence-corrected chi connectivity index (χ3v) is 1.88. The maximum atomic E-state index is 12.2. The maximum absolute atomic E-state index is 12.2. The first-order valence-electron chi connectivity index (χ1n) is 3.88. The molecule has 0 saturated heterocycles. The van der Waals surface area contributed by atoms with Crippen LogP contribution in [-0.4, -0.2) is 11.4 Å². The highest BCUT2D eigenvalue weighted by molar-refractivity contribution is 6.31. The molecule has 0 heterocycles. The van der Waals surface area contributed by atoms with E-state index in [-0.39, 0.29) is 6.61 Å². The largest absolute Gasteiger partial charge is 0.455 e. The molecule has 0 saturated carbocycles. The van der Waals surface area contributed by atoms with Crippen LogP contribution in [0.2, 0.25) is 5.02 Å². The van der Waals surface area contributed by atoms with Crippen molar-refractivity contribution in [1.29, 1.82) is 0 Å². The molecule has 0 aromatic heterocycles. The summed E-state index contributed by atoms with van der Waals surface area (Å²) in [6.45, 7) is -0.290. The van der Waals surface area contributed by atoms with Gasteiger partial charge in [0.25, 0.3) is 0 Å². The molecular formula is C9H6Cl2F2O2. The van der Waals surface area contributed by atoms with Crippen LogP contribution >= 0.6 is 23.2 Å². The van der Waals surface area contributed by atoms with Crippen molar-refractivity contribution in [2.45, 2.75) is 12.0 Å². The van der Waals surface area contributed by atoms with Gasteiger partial charge in [-0.05, 0) is 29.3 Å². The first kappa shape index (κ1) is 12.2. The van der Waals surface area contributed by atoms with Gasteiger partial charge in [-0.15, -0.1) is 0 Å². The van der Waals surface area contributed by atoms with Gasteiger partial charge in [-0.25, -0.2) is 4.79 Å². The van der Waals surface area contributed by atoms with E-state index >= 15 is 0 Å². The molecular weight excluding hydrogens is 249 g/mol. The molecule has 2 nitrogen and oxygen atoms in total. The van der Waals surface area contributed by atoms with Crippen LogP contribution in [0.4, 0.5) is 8.78 Å². The highest BCUT2D eigenvalue weighted by Gasteiger charge is 2.37. The van der Waals surface area contributed by atoms with E-state index in [1.807, 2.05) is 0 Å². The topological polar surface area (TPSA) is 26.3 Å². The lowest BCUT2D eigenvalue weighted by molar-refractivity contribution is -0.162. The highest BCUT2D eigenvalue weighted by Crippen LogP contribution is 2.21. The predicted octanol–water partition coefficient (Wildman–Crippen LogP) is 3.21. The van der Waals surface area contributed by atoms with Gasteiger partial charge in [-0.1, -0.05) is 23.7 Å². The Balaban J connectivity index is 2.55. The molecule has 0 aliphatic carbocycles. The second kappa shape index (κ2) is 4.77. The van der Waals surface area contributed by atoms with Crippen molar-refractivity contribution in [3.63, 3.8) is 0 Å². The number of rotatable bonds is 3.